The highest BCUT2D eigenvalue weighted by Crippen LogP contribution is 2.25. The summed E-state index contributed by atoms with van der Waals surface area (Å²) in [6, 6.07) is 6.60. The molecule has 0 atom stereocenters. The van der Waals surface area contributed by atoms with Crippen LogP contribution in [0, 0.1) is 6.92 Å². The van der Waals surface area contributed by atoms with Crippen LogP contribution in [-0.2, 0) is 17.1 Å². The van der Waals surface area contributed by atoms with Crippen molar-refractivity contribution >= 4 is 49.5 Å². The van der Waals surface area contributed by atoms with Gasteiger partial charge < -0.3 is 0 Å². The van der Waals surface area contributed by atoms with Gasteiger partial charge in [-0.05, 0) is 25.1 Å². The average Bonchev–Trinajstić information content (AvgIpc) is 3.12. The first kappa shape index (κ1) is 15.0. The summed E-state index contributed by atoms with van der Waals surface area (Å²) < 4.78 is 37.8. The Kier molecular flexibility index (Phi) is 3.25. The largest absolute Gasteiger partial charge is 0.278 e. The molecule has 1 aromatic carbocycles. The van der Waals surface area contributed by atoms with Gasteiger partial charge in [0.15, 0.2) is 5.65 Å². The summed E-state index contributed by atoms with van der Waals surface area (Å²) in [4.78, 5) is 4.37. The van der Waals surface area contributed by atoms with Gasteiger partial charge in [-0.25, -0.2) is 13.4 Å². The Morgan fingerprint density at radius 2 is 2.08 bits per heavy atom. The normalized spacial score (nSPS) is 12.1. The van der Waals surface area contributed by atoms with E-state index < -0.39 is 10.0 Å². The highest BCUT2D eigenvalue weighted by molar-refractivity contribution is 7.93. The van der Waals surface area contributed by atoms with Gasteiger partial charge in [0.25, 0.3) is 10.0 Å². The molecule has 0 aliphatic carbocycles. The molecule has 0 saturated heterocycles. The van der Waals surface area contributed by atoms with Crippen LogP contribution < -0.4 is 4.72 Å². The van der Waals surface area contributed by atoms with Crippen LogP contribution in [0.3, 0.4) is 0 Å². The molecule has 1 N–H and O–H groups in total. The average molecular weight is 360 g/mol. The molecule has 0 amide bonds. The second-order valence-electron chi connectivity index (χ2n) is 5.30. The summed E-state index contributed by atoms with van der Waals surface area (Å²) in [6.45, 7) is 1.85. The Morgan fingerprint density at radius 3 is 2.92 bits per heavy atom. The Balaban J connectivity index is 1.79. The van der Waals surface area contributed by atoms with Crippen molar-refractivity contribution in [3.63, 3.8) is 0 Å². The standard InChI is InChI=1S/C14H12N6O2S2/c1-8-10-6-9(7-15-14(10)20(2)16-8)19-24(21,22)12-5-3-4-11-13(12)18-23-17-11/h3-7,19H,1-2H3. The fourth-order valence-corrected chi connectivity index (χ4v) is 4.37. The number of nitrogens with one attached hydrogen (secondary N) is 1. The SMILES string of the molecule is Cc1nn(C)c2ncc(NS(=O)(=O)c3cccc4nsnc34)cc12. The van der Waals surface area contributed by atoms with Gasteiger partial charge in [0, 0.05) is 12.4 Å². The first-order valence-corrected chi connectivity index (χ1v) is 9.20. The number of sulfonamides is 1. The smallest absolute Gasteiger partial charge is 0.264 e. The van der Waals surface area contributed by atoms with Crippen molar-refractivity contribution in [1.82, 2.24) is 23.5 Å². The molecule has 10 heteroatoms. The van der Waals surface area contributed by atoms with E-state index in [1.165, 1.54) is 12.3 Å². The Bertz CT molecular complexity index is 1180. The zero-order chi connectivity index (χ0) is 16.9. The molecule has 0 aliphatic rings. The predicted molar refractivity (Wildman–Crippen MR) is 91.5 cm³/mol. The molecular formula is C14H12N6O2S2. The molecule has 4 aromatic rings. The number of anilines is 1. The van der Waals surface area contributed by atoms with E-state index in [4.69, 9.17) is 0 Å². The van der Waals surface area contributed by atoms with Crippen LogP contribution in [0.5, 0.6) is 0 Å². The van der Waals surface area contributed by atoms with E-state index in [9.17, 15) is 8.42 Å². The maximum absolute atomic E-state index is 12.7. The summed E-state index contributed by atoms with van der Waals surface area (Å²) >= 11 is 0.980. The van der Waals surface area contributed by atoms with E-state index in [1.807, 2.05) is 6.92 Å². The quantitative estimate of drug-likeness (QED) is 0.600. The van der Waals surface area contributed by atoms with E-state index in [0.29, 0.717) is 22.4 Å². The molecular weight excluding hydrogens is 348 g/mol. The van der Waals surface area contributed by atoms with E-state index in [0.717, 1.165) is 22.8 Å². The van der Waals surface area contributed by atoms with E-state index >= 15 is 0 Å². The minimum absolute atomic E-state index is 0.0942. The van der Waals surface area contributed by atoms with Crippen molar-refractivity contribution in [3.8, 4) is 0 Å². The minimum atomic E-state index is -3.80. The Labute approximate surface area is 141 Å². The Hall–Kier alpha value is -2.59. The third kappa shape index (κ3) is 2.31. The third-order valence-electron chi connectivity index (χ3n) is 3.65. The van der Waals surface area contributed by atoms with E-state index in [-0.39, 0.29) is 4.90 Å². The number of fused-ring (bicyclic) bond motifs is 2. The van der Waals surface area contributed by atoms with E-state index in [2.05, 4.69) is 23.6 Å². The van der Waals surface area contributed by atoms with E-state index in [1.54, 1.807) is 29.9 Å². The second kappa shape index (κ2) is 5.21. The number of hydrogen-bond donors (Lipinski definition) is 1. The number of hydrogen-bond acceptors (Lipinski definition) is 7. The molecule has 0 spiro atoms. The molecule has 0 aliphatic heterocycles. The molecule has 0 radical (unpaired) electrons. The first-order chi connectivity index (χ1) is 11.5. The molecule has 0 bridgehead atoms. The van der Waals surface area contributed by atoms with Gasteiger partial charge >= 0.3 is 0 Å². The van der Waals surface area contributed by atoms with Crippen molar-refractivity contribution in [2.24, 2.45) is 7.05 Å². The zero-order valence-electron chi connectivity index (χ0n) is 12.8. The summed E-state index contributed by atoms with van der Waals surface area (Å²) in [6.07, 6.45) is 1.47. The summed E-state index contributed by atoms with van der Waals surface area (Å²) in [5.41, 5.74) is 2.77. The lowest BCUT2D eigenvalue weighted by molar-refractivity contribution is 0.602. The lowest BCUT2D eigenvalue weighted by Gasteiger charge is -2.08. The van der Waals surface area contributed by atoms with Crippen LogP contribution in [0.25, 0.3) is 22.1 Å². The molecule has 3 aromatic heterocycles. The molecule has 0 saturated carbocycles. The van der Waals surface area contributed by atoms with Gasteiger partial charge in [-0.1, -0.05) is 6.07 Å². The highest BCUT2D eigenvalue weighted by Gasteiger charge is 2.20. The molecule has 0 unspecified atom stereocenters. The van der Waals surface area contributed by atoms with Crippen LogP contribution in [-0.4, -0.2) is 31.9 Å². The number of nitrogens with zero attached hydrogens (tertiary/aromatic N) is 5. The van der Waals surface area contributed by atoms with Gasteiger partial charge in [0.05, 0.1) is 29.3 Å². The lowest BCUT2D eigenvalue weighted by atomic mass is 10.3. The minimum Gasteiger partial charge on any atom is -0.278 e. The monoisotopic (exact) mass is 360 g/mol. The maximum Gasteiger partial charge on any atom is 0.264 e. The van der Waals surface area contributed by atoms with Gasteiger partial charge in [0.1, 0.15) is 15.9 Å². The molecule has 122 valence electrons. The van der Waals surface area contributed by atoms with Crippen LogP contribution in [0.15, 0.2) is 35.4 Å². The second-order valence-corrected chi connectivity index (χ2v) is 7.48. The molecule has 8 nitrogen and oxygen atoms in total. The predicted octanol–water partition coefficient (Wildman–Crippen LogP) is 2.08. The van der Waals surface area contributed by atoms with Crippen LogP contribution in [0.4, 0.5) is 5.69 Å². The van der Waals surface area contributed by atoms with Crippen LogP contribution in [0.1, 0.15) is 5.69 Å². The number of aryl methyl sites for hydroxylation is 2. The van der Waals surface area contributed by atoms with Crippen molar-refractivity contribution in [2.45, 2.75) is 11.8 Å². The lowest BCUT2D eigenvalue weighted by Crippen LogP contribution is -2.13. The van der Waals surface area contributed by atoms with Crippen LogP contribution in [0.2, 0.25) is 0 Å². The summed E-state index contributed by atoms with van der Waals surface area (Å²) in [5, 5.41) is 5.08. The van der Waals surface area contributed by atoms with Gasteiger partial charge in [-0.2, -0.15) is 13.8 Å². The summed E-state index contributed by atoms with van der Waals surface area (Å²) in [5.74, 6) is 0. The first-order valence-electron chi connectivity index (χ1n) is 6.99. The molecule has 4 rings (SSSR count). The Morgan fingerprint density at radius 1 is 1.25 bits per heavy atom. The molecule has 24 heavy (non-hydrogen) atoms. The molecule has 0 fully saturated rings. The van der Waals surface area contributed by atoms with Crippen molar-refractivity contribution in [2.75, 3.05) is 4.72 Å². The summed E-state index contributed by atoms with van der Waals surface area (Å²) in [7, 11) is -2.00. The fraction of sp³-hybridized carbons (Fsp3) is 0.143. The number of pyridine rings is 1. The topological polar surface area (TPSA) is 103 Å². The fourth-order valence-electron chi connectivity index (χ4n) is 2.57. The van der Waals surface area contributed by atoms with Gasteiger partial charge in [-0.15, -0.1) is 0 Å². The third-order valence-corrected chi connectivity index (χ3v) is 5.61. The van der Waals surface area contributed by atoms with Crippen molar-refractivity contribution in [3.05, 3.63) is 36.2 Å². The highest BCUT2D eigenvalue weighted by atomic mass is 32.2. The number of aromatic nitrogens is 5. The zero-order valence-corrected chi connectivity index (χ0v) is 14.4. The van der Waals surface area contributed by atoms with Gasteiger partial charge in [-0.3, -0.25) is 9.40 Å². The van der Waals surface area contributed by atoms with Crippen LogP contribution >= 0.6 is 11.7 Å². The molecule has 3 heterocycles. The van der Waals surface area contributed by atoms with Crippen molar-refractivity contribution < 1.29 is 8.42 Å². The number of rotatable bonds is 3. The van der Waals surface area contributed by atoms with Gasteiger partial charge in [0.2, 0.25) is 0 Å². The number of benzene rings is 1. The maximum atomic E-state index is 12.7. The van der Waals surface area contributed by atoms with Crippen molar-refractivity contribution in [1.29, 1.82) is 0 Å².